The van der Waals surface area contributed by atoms with E-state index in [2.05, 4.69) is 0 Å². The van der Waals surface area contributed by atoms with Gasteiger partial charge in [0.2, 0.25) is 0 Å². The Morgan fingerprint density at radius 1 is 0.243 bits per heavy atom. The van der Waals surface area contributed by atoms with E-state index in [0.717, 1.165) is 19.3 Å². The maximum atomic E-state index is 8.86. The molecule has 0 aromatic rings. The van der Waals surface area contributed by atoms with E-state index in [1.807, 2.05) is 27.7 Å². The Labute approximate surface area is 623 Å². The van der Waals surface area contributed by atoms with Gasteiger partial charge in [0.1, 0.15) is 0 Å². The van der Waals surface area contributed by atoms with Gasteiger partial charge in [-0.15, -0.1) is 0 Å². The fourth-order valence-corrected chi connectivity index (χ4v) is 3.61. The quantitative estimate of drug-likeness (QED) is 0.0254. The molecule has 0 saturated carbocycles. The molecule has 32 N–H and O–H groups in total. The van der Waals surface area contributed by atoms with Crippen molar-refractivity contribution >= 4 is 0 Å². The number of rotatable bonds is 34. The molecule has 0 amide bonds. The van der Waals surface area contributed by atoms with Gasteiger partial charge in [0.15, 0.2) is 6.29 Å². The standard InChI is InChI=1S/3C6H14O2.5C5H12O2.5C4H10O2.2C3H8O2.C2H6O2/c1-5(3-4-7)6(2)8;1-5(7)3-4-6(2)8;1-3-5(2)4-6(7)8;1-5(2,7)3-4-6;1-4(3-6)5(2)7;1-4(6)3-5(2)7;1-5(4-7)2-3-6;1-5(7)3-2-4-6;1-4(2,6)3-5;1-4(2-5)3-6;1-4(6)2-3-5;1-3(5)4(2)6;5-3-1-2-4-6;1-3(5)2-4;4-2-1-3-5;3-1-2-4/h3*5-8H,3-4H2,1-2H3;6-7H,3-4H2,1-2H3;2*4-7H,3H2,1-2H3;2*5-7H,2-4H2,1H3;5-6H,3H2,1-2H3;2*4-6H,2-3H2,1H3;3-6H,1-2H3;5-6H,1-4H2;3-5H,2H2,1H3;4-5H,1-3H2;3-4H,1-2H2. The van der Waals surface area contributed by atoms with Gasteiger partial charge in [-0.3, -0.25) is 0 Å². The molecule has 15 atom stereocenters. The molecule has 0 aliphatic rings. The van der Waals surface area contributed by atoms with Crippen LogP contribution in [-0.2, 0) is 0 Å². The molecule has 0 bridgehead atoms. The van der Waals surface area contributed by atoms with Crippen LogP contribution in [0, 0.1) is 29.6 Å². The van der Waals surface area contributed by atoms with E-state index >= 15 is 0 Å². The molecule has 0 fully saturated rings. The molecule has 0 spiro atoms. The smallest absolute Gasteiger partial charge is 0.151 e. The molecule has 0 aliphatic heterocycles. The van der Waals surface area contributed by atoms with Crippen molar-refractivity contribution in [3.63, 3.8) is 0 Å². The fraction of sp³-hybridized carbons (Fsp3) is 1.00. The zero-order valence-electron chi connectivity index (χ0n) is 68.0. The first-order chi connectivity index (χ1) is 47.2. The normalized spacial score (nSPS) is 14.5. The summed E-state index contributed by atoms with van der Waals surface area (Å²) in [4.78, 5) is 0. The monoisotopic (exact) mass is 1540 g/mol. The van der Waals surface area contributed by atoms with Gasteiger partial charge < -0.3 is 163 Å². The van der Waals surface area contributed by atoms with Crippen LogP contribution in [0.2, 0.25) is 0 Å². The number of unbranched alkanes of at least 4 members (excludes halogenated alkanes) is 1. The highest BCUT2D eigenvalue weighted by atomic mass is 16.5. The molecule has 103 heavy (non-hydrogen) atoms. The van der Waals surface area contributed by atoms with Gasteiger partial charge >= 0.3 is 0 Å². The predicted molar refractivity (Wildman–Crippen MR) is 406 cm³/mol. The Morgan fingerprint density at radius 3 is 0.602 bits per heavy atom. The second-order valence-corrected chi connectivity index (χ2v) is 26.1. The molecule has 32 nitrogen and oxygen atoms in total. The van der Waals surface area contributed by atoms with E-state index in [1.54, 1.807) is 111 Å². The first-order valence-electron chi connectivity index (χ1n) is 35.9. The SMILES string of the molecule is CC(C)(O)CCO.CC(C)(O)CO.CC(CO)CCO.CC(CO)CO.CC(O)C(C)CCO.CC(O)C(C)CO.CC(O)C(C)O.CC(O)CC(C)O.CC(O)CCC(C)O.CC(O)CCCO.CC(O)CCO.CC(O)CO.CCC(C)CC(O)O.OCCCCO.OCCCO.OCCO. The van der Waals surface area contributed by atoms with Crippen LogP contribution in [0.3, 0.4) is 0 Å². The zero-order valence-corrected chi connectivity index (χ0v) is 68.0. The van der Waals surface area contributed by atoms with Gasteiger partial charge in [0.25, 0.3) is 0 Å². The lowest BCUT2D eigenvalue weighted by molar-refractivity contribution is -0.0547. The number of hydrogen-bond acceptors (Lipinski definition) is 32. The summed E-state index contributed by atoms with van der Waals surface area (Å²) < 4.78 is 0. The van der Waals surface area contributed by atoms with Gasteiger partial charge in [-0.1, -0.05) is 48.0 Å². The molecule has 0 aromatic carbocycles. The van der Waals surface area contributed by atoms with Crippen molar-refractivity contribution < 1.29 is 163 Å². The summed E-state index contributed by atoms with van der Waals surface area (Å²) in [5.41, 5.74) is -1.60. The summed E-state index contributed by atoms with van der Waals surface area (Å²) in [7, 11) is 0. The summed E-state index contributed by atoms with van der Waals surface area (Å²) in [6.07, 6.45) is 3.60. The van der Waals surface area contributed by atoms with E-state index in [4.69, 9.17) is 163 Å². The molecule has 650 valence electrons. The molecular weight excluding hydrogens is 1360 g/mol. The summed E-state index contributed by atoms with van der Waals surface area (Å²) in [5.74, 6) is 0.963. The highest BCUT2D eigenvalue weighted by Gasteiger charge is 2.10. The number of aliphatic hydroxyl groups excluding tert-OH is 29. The maximum Gasteiger partial charge on any atom is 0.151 e. The van der Waals surface area contributed by atoms with E-state index < -0.39 is 35.8 Å². The van der Waals surface area contributed by atoms with Crippen molar-refractivity contribution in [2.45, 2.75) is 320 Å². The van der Waals surface area contributed by atoms with Crippen LogP contribution in [0.4, 0.5) is 0 Å². The minimum atomic E-state index is -1.12. The second kappa shape index (κ2) is 117. The molecule has 15 unspecified atom stereocenters. The Kier molecular flexibility index (Phi) is 159. The van der Waals surface area contributed by atoms with E-state index in [-0.39, 0.29) is 185 Å². The number of aliphatic hydroxyl groups is 32. The molecule has 0 saturated heterocycles. The summed E-state index contributed by atoms with van der Waals surface area (Å²) in [6, 6.07) is 0. The average molecular weight is 1540 g/mol. The summed E-state index contributed by atoms with van der Waals surface area (Å²) in [5, 5.41) is 266. The van der Waals surface area contributed by atoms with Gasteiger partial charge in [-0.2, -0.15) is 0 Å². The maximum absolute atomic E-state index is 8.86. The highest BCUT2D eigenvalue weighted by Crippen LogP contribution is 2.08. The minimum Gasteiger partial charge on any atom is -0.396 e. The van der Waals surface area contributed by atoms with Crippen molar-refractivity contribution in [3.05, 3.63) is 0 Å². The van der Waals surface area contributed by atoms with Crippen LogP contribution in [0.1, 0.15) is 235 Å². The van der Waals surface area contributed by atoms with Crippen LogP contribution < -0.4 is 0 Å². The zero-order chi connectivity index (χ0) is 85.7. The molecule has 0 radical (unpaired) electrons. The first kappa shape index (κ1) is 140. The predicted octanol–water partition coefficient (Wildman–Crippen LogP) is -1.65. The minimum absolute atomic E-state index is 0.0139. The van der Waals surface area contributed by atoms with Crippen LogP contribution in [-0.4, -0.2) is 360 Å². The number of hydrogen-bond donors (Lipinski definition) is 32. The fourth-order valence-electron chi connectivity index (χ4n) is 3.61. The first-order valence-corrected chi connectivity index (χ1v) is 35.9. The Balaban J connectivity index is -0.0000000561. The lowest BCUT2D eigenvalue weighted by atomic mass is 10.0. The third-order valence-corrected chi connectivity index (χ3v) is 11.5. The van der Waals surface area contributed by atoms with Crippen LogP contribution >= 0.6 is 0 Å². The van der Waals surface area contributed by atoms with Crippen LogP contribution in [0.5, 0.6) is 0 Å². The van der Waals surface area contributed by atoms with Gasteiger partial charge in [0.05, 0.1) is 105 Å². The molecule has 0 aliphatic carbocycles. The Bertz CT molecular complexity index is 1250. The van der Waals surface area contributed by atoms with Crippen molar-refractivity contribution in [1.82, 2.24) is 0 Å². The van der Waals surface area contributed by atoms with Crippen molar-refractivity contribution in [1.29, 1.82) is 0 Å². The van der Waals surface area contributed by atoms with Crippen LogP contribution in [0.25, 0.3) is 0 Å². The Morgan fingerprint density at radius 2 is 0.544 bits per heavy atom. The lowest BCUT2D eigenvalue weighted by Gasteiger charge is -2.13. The summed E-state index contributed by atoms with van der Waals surface area (Å²) in [6.45, 7) is 37.1. The van der Waals surface area contributed by atoms with Crippen molar-refractivity contribution in [3.8, 4) is 0 Å². The molecular formula is C71H174O32. The van der Waals surface area contributed by atoms with Gasteiger partial charge in [-0.25, -0.2) is 0 Å². The topological polar surface area (TPSA) is 647 Å². The van der Waals surface area contributed by atoms with E-state index in [9.17, 15) is 0 Å². The third-order valence-electron chi connectivity index (χ3n) is 11.5. The van der Waals surface area contributed by atoms with E-state index in [0.29, 0.717) is 76.5 Å². The summed E-state index contributed by atoms with van der Waals surface area (Å²) >= 11 is 0. The van der Waals surface area contributed by atoms with Crippen molar-refractivity contribution in [2.75, 3.05) is 112 Å². The van der Waals surface area contributed by atoms with Crippen LogP contribution in [0.15, 0.2) is 0 Å². The highest BCUT2D eigenvalue weighted by molar-refractivity contribution is 4.63. The van der Waals surface area contributed by atoms with Crippen molar-refractivity contribution in [2.24, 2.45) is 29.6 Å². The van der Waals surface area contributed by atoms with E-state index in [1.165, 1.54) is 6.92 Å². The largest absolute Gasteiger partial charge is 0.396 e. The average Bonchev–Trinajstić information content (AvgIpc) is 1.28. The molecule has 32 heteroatoms. The Hall–Kier alpha value is -1.28. The van der Waals surface area contributed by atoms with Gasteiger partial charge in [0, 0.05) is 104 Å². The third kappa shape index (κ3) is 258. The molecule has 0 rings (SSSR count). The van der Waals surface area contributed by atoms with Gasteiger partial charge in [-0.05, 0) is 199 Å². The second-order valence-electron chi connectivity index (χ2n) is 26.1. The lowest BCUT2D eigenvalue weighted by Crippen LogP contribution is -2.23. The molecule has 0 aromatic heterocycles. The molecule has 0 heterocycles.